The van der Waals surface area contributed by atoms with Gasteiger partial charge in [-0.2, -0.15) is 0 Å². The summed E-state index contributed by atoms with van der Waals surface area (Å²) in [6.45, 7) is 1.74. The number of methoxy groups -OCH3 is 1. The molecule has 1 rings (SSSR count). The van der Waals surface area contributed by atoms with Crippen molar-refractivity contribution in [3.05, 3.63) is 23.8 Å². The fourth-order valence-electron chi connectivity index (χ4n) is 1.15. The van der Waals surface area contributed by atoms with E-state index in [1.807, 2.05) is 0 Å². The van der Waals surface area contributed by atoms with Crippen LogP contribution in [-0.4, -0.2) is 18.0 Å². The fourth-order valence-corrected chi connectivity index (χ4v) is 1.15. The fraction of sp³-hybridized carbons (Fsp3) is 0.300. The SMILES string of the molecule is CCC(=O)c1c(O)cccc1OC. The number of aromatic hydroxyl groups is 1. The van der Waals surface area contributed by atoms with Gasteiger partial charge < -0.3 is 9.84 Å². The molecule has 0 bridgehead atoms. The van der Waals surface area contributed by atoms with Crippen molar-refractivity contribution in [1.29, 1.82) is 0 Å². The van der Waals surface area contributed by atoms with Gasteiger partial charge in [0.05, 0.1) is 7.11 Å². The van der Waals surface area contributed by atoms with Crippen molar-refractivity contribution >= 4 is 5.78 Å². The van der Waals surface area contributed by atoms with Crippen LogP contribution in [0.2, 0.25) is 0 Å². The predicted octanol–water partition coefficient (Wildman–Crippen LogP) is 1.99. The molecule has 0 heterocycles. The minimum Gasteiger partial charge on any atom is -0.507 e. The Labute approximate surface area is 77.0 Å². The number of benzene rings is 1. The second-order valence-corrected chi connectivity index (χ2v) is 2.63. The van der Waals surface area contributed by atoms with Crippen LogP contribution in [0.3, 0.4) is 0 Å². The van der Waals surface area contributed by atoms with E-state index < -0.39 is 0 Å². The van der Waals surface area contributed by atoms with Gasteiger partial charge in [-0.3, -0.25) is 4.79 Å². The normalized spacial score (nSPS) is 9.69. The molecule has 0 aliphatic rings. The first-order valence-corrected chi connectivity index (χ1v) is 4.09. The third-order valence-electron chi connectivity index (χ3n) is 1.82. The summed E-state index contributed by atoms with van der Waals surface area (Å²) in [6, 6.07) is 4.77. The molecule has 0 saturated carbocycles. The molecule has 0 amide bonds. The Morgan fingerprint density at radius 3 is 2.77 bits per heavy atom. The van der Waals surface area contributed by atoms with E-state index >= 15 is 0 Å². The van der Waals surface area contributed by atoms with E-state index in [2.05, 4.69) is 0 Å². The number of carbonyl (C=O) groups is 1. The second kappa shape index (κ2) is 3.94. The molecule has 0 spiro atoms. The first-order chi connectivity index (χ1) is 6.20. The summed E-state index contributed by atoms with van der Waals surface area (Å²) < 4.78 is 4.97. The highest BCUT2D eigenvalue weighted by molar-refractivity contribution is 6.00. The summed E-state index contributed by atoms with van der Waals surface area (Å²) in [7, 11) is 1.47. The highest BCUT2D eigenvalue weighted by Gasteiger charge is 2.14. The molecule has 0 atom stereocenters. The minimum atomic E-state index is -0.116. The van der Waals surface area contributed by atoms with Gasteiger partial charge in [0.25, 0.3) is 0 Å². The van der Waals surface area contributed by atoms with E-state index in [9.17, 15) is 9.90 Å². The molecule has 1 N–H and O–H groups in total. The lowest BCUT2D eigenvalue weighted by atomic mass is 10.1. The molecule has 70 valence electrons. The van der Waals surface area contributed by atoms with E-state index in [4.69, 9.17) is 4.74 Å². The third kappa shape index (κ3) is 1.80. The van der Waals surface area contributed by atoms with Crippen LogP contribution in [0.1, 0.15) is 23.7 Å². The number of hydrogen-bond acceptors (Lipinski definition) is 3. The van der Waals surface area contributed by atoms with E-state index in [1.54, 1.807) is 19.1 Å². The van der Waals surface area contributed by atoms with Crippen LogP contribution in [0.15, 0.2) is 18.2 Å². The van der Waals surface area contributed by atoms with Crippen molar-refractivity contribution in [2.45, 2.75) is 13.3 Å². The van der Waals surface area contributed by atoms with Crippen molar-refractivity contribution in [2.24, 2.45) is 0 Å². The van der Waals surface area contributed by atoms with E-state index in [0.29, 0.717) is 12.2 Å². The molecule has 3 heteroatoms. The topological polar surface area (TPSA) is 46.5 Å². The largest absolute Gasteiger partial charge is 0.507 e. The van der Waals surface area contributed by atoms with Gasteiger partial charge in [-0.15, -0.1) is 0 Å². The quantitative estimate of drug-likeness (QED) is 0.723. The van der Waals surface area contributed by atoms with Gasteiger partial charge in [0.2, 0.25) is 0 Å². The molecule has 13 heavy (non-hydrogen) atoms. The smallest absolute Gasteiger partial charge is 0.170 e. The van der Waals surface area contributed by atoms with E-state index in [-0.39, 0.29) is 17.1 Å². The third-order valence-corrected chi connectivity index (χ3v) is 1.82. The number of Topliss-reactive ketones (excluding diaryl/α,β-unsaturated/α-hetero) is 1. The van der Waals surface area contributed by atoms with Crippen LogP contribution in [-0.2, 0) is 0 Å². The summed E-state index contributed by atoms with van der Waals surface area (Å²) in [5, 5.41) is 9.42. The summed E-state index contributed by atoms with van der Waals surface area (Å²) in [5.74, 6) is 0.285. The number of hydrogen-bond donors (Lipinski definition) is 1. The maximum absolute atomic E-state index is 11.4. The lowest BCUT2D eigenvalue weighted by molar-refractivity contribution is 0.0982. The molecule has 0 saturated heterocycles. The van der Waals surface area contributed by atoms with Gasteiger partial charge >= 0.3 is 0 Å². The molecule has 0 unspecified atom stereocenters. The van der Waals surface area contributed by atoms with Crippen LogP contribution in [0.25, 0.3) is 0 Å². The molecule has 0 fully saturated rings. The first kappa shape index (κ1) is 9.58. The number of phenolic OH excluding ortho intramolecular Hbond substituents is 1. The van der Waals surface area contributed by atoms with Crippen molar-refractivity contribution in [3.63, 3.8) is 0 Å². The van der Waals surface area contributed by atoms with Gasteiger partial charge in [0.1, 0.15) is 17.1 Å². The Bertz CT molecular complexity index is 318. The Hall–Kier alpha value is -1.51. The molecule has 1 aromatic carbocycles. The summed E-state index contributed by atoms with van der Waals surface area (Å²) >= 11 is 0. The van der Waals surface area contributed by atoms with Crippen LogP contribution >= 0.6 is 0 Å². The number of rotatable bonds is 3. The van der Waals surface area contributed by atoms with Crippen molar-refractivity contribution in [3.8, 4) is 11.5 Å². The Kier molecular flexibility index (Phi) is 2.90. The van der Waals surface area contributed by atoms with Crippen molar-refractivity contribution in [2.75, 3.05) is 7.11 Å². The van der Waals surface area contributed by atoms with Gasteiger partial charge in [-0.1, -0.05) is 13.0 Å². The number of ketones is 1. The summed E-state index contributed by atoms with van der Waals surface area (Å²) in [6.07, 6.45) is 0.355. The standard InChI is InChI=1S/C10H12O3/c1-3-7(11)10-8(12)5-4-6-9(10)13-2/h4-6,12H,3H2,1-2H3. The Morgan fingerprint density at radius 1 is 1.54 bits per heavy atom. The highest BCUT2D eigenvalue weighted by atomic mass is 16.5. The number of ether oxygens (including phenoxy) is 1. The van der Waals surface area contributed by atoms with Crippen LogP contribution in [0, 0.1) is 0 Å². The van der Waals surface area contributed by atoms with Crippen LogP contribution in [0.5, 0.6) is 11.5 Å². The van der Waals surface area contributed by atoms with E-state index in [0.717, 1.165) is 0 Å². The van der Waals surface area contributed by atoms with Gasteiger partial charge in [-0.25, -0.2) is 0 Å². The molecule has 0 radical (unpaired) electrons. The average Bonchev–Trinajstić information content (AvgIpc) is 2.16. The molecular weight excluding hydrogens is 168 g/mol. The minimum absolute atomic E-state index is 0.0220. The van der Waals surface area contributed by atoms with Crippen LogP contribution < -0.4 is 4.74 Å². The average molecular weight is 180 g/mol. The Morgan fingerprint density at radius 2 is 2.23 bits per heavy atom. The monoisotopic (exact) mass is 180 g/mol. The van der Waals surface area contributed by atoms with E-state index in [1.165, 1.54) is 13.2 Å². The first-order valence-electron chi connectivity index (χ1n) is 4.09. The zero-order valence-corrected chi connectivity index (χ0v) is 7.70. The zero-order chi connectivity index (χ0) is 9.84. The number of phenols is 1. The van der Waals surface area contributed by atoms with Gasteiger partial charge in [0.15, 0.2) is 5.78 Å². The molecule has 0 aliphatic heterocycles. The number of carbonyl (C=O) groups excluding carboxylic acids is 1. The van der Waals surface area contributed by atoms with Crippen molar-refractivity contribution in [1.82, 2.24) is 0 Å². The molecular formula is C10H12O3. The summed E-state index contributed by atoms with van der Waals surface area (Å²) in [5.41, 5.74) is 0.271. The van der Waals surface area contributed by atoms with Gasteiger partial charge in [0, 0.05) is 6.42 Å². The molecule has 0 aromatic heterocycles. The predicted molar refractivity (Wildman–Crippen MR) is 49.3 cm³/mol. The van der Waals surface area contributed by atoms with Crippen molar-refractivity contribution < 1.29 is 14.6 Å². The highest BCUT2D eigenvalue weighted by Crippen LogP contribution is 2.28. The lowest BCUT2D eigenvalue weighted by Crippen LogP contribution is -2.00. The molecule has 0 aliphatic carbocycles. The summed E-state index contributed by atoms with van der Waals surface area (Å²) in [4.78, 5) is 11.4. The van der Waals surface area contributed by atoms with Gasteiger partial charge in [-0.05, 0) is 12.1 Å². The maximum Gasteiger partial charge on any atom is 0.170 e. The second-order valence-electron chi connectivity index (χ2n) is 2.63. The molecule has 1 aromatic rings. The van der Waals surface area contributed by atoms with Crippen LogP contribution in [0.4, 0.5) is 0 Å². The Balaban J connectivity index is 3.22. The lowest BCUT2D eigenvalue weighted by Gasteiger charge is -2.07. The molecule has 3 nitrogen and oxygen atoms in total. The maximum atomic E-state index is 11.4. The zero-order valence-electron chi connectivity index (χ0n) is 7.70.